The third-order valence-corrected chi connectivity index (χ3v) is 5.44. The fourth-order valence-electron chi connectivity index (χ4n) is 4.02. The lowest BCUT2D eigenvalue weighted by Gasteiger charge is -2.26. The summed E-state index contributed by atoms with van der Waals surface area (Å²) >= 11 is 0. The van der Waals surface area contributed by atoms with Crippen molar-refractivity contribution in [1.29, 1.82) is 0 Å². The van der Waals surface area contributed by atoms with Gasteiger partial charge in [-0.3, -0.25) is 14.4 Å². The second kappa shape index (κ2) is 7.38. The minimum Gasteiger partial charge on any atom is -0.484 e. The topological polar surface area (TPSA) is 133 Å². The second-order valence-electron chi connectivity index (χ2n) is 7.36. The van der Waals surface area contributed by atoms with Crippen LogP contribution in [0.15, 0.2) is 76.5 Å². The number of rotatable bonds is 6. The minimum absolute atomic E-state index is 0.0890. The van der Waals surface area contributed by atoms with E-state index in [-0.39, 0.29) is 18.1 Å². The van der Waals surface area contributed by atoms with Gasteiger partial charge in [0.25, 0.3) is 17.4 Å². The van der Waals surface area contributed by atoms with Crippen LogP contribution in [-0.2, 0) is 20.0 Å². The smallest absolute Gasteiger partial charge is 0.277 e. The van der Waals surface area contributed by atoms with Crippen molar-refractivity contribution in [2.75, 3.05) is 11.9 Å². The number of nitrogens with zero attached hydrogens (tertiary/aromatic N) is 1. The first-order valence-corrected chi connectivity index (χ1v) is 9.77. The Hall–Kier alpha value is -4.40. The van der Waals surface area contributed by atoms with Crippen molar-refractivity contribution in [3.05, 3.63) is 83.8 Å². The normalized spacial score (nSPS) is 20.9. The molecule has 5 rings (SSSR count). The number of furan rings is 1. The molecule has 2 atom stereocenters. The number of oxime groups is 1. The molecule has 2 aliphatic rings. The third kappa shape index (κ3) is 2.94. The number of benzene rings is 2. The van der Waals surface area contributed by atoms with Gasteiger partial charge in [-0.05, 0) is 42.5 Å². The van der Waals surface area contributed by atoms with Crippen LogP contribution in [0.3, 0.4) is 0 Å². The van der Waals surface area contributed by atoms with E-state index in [0.29, 0.717) is 22.6 Å². The largest absolute Gasteiger partial charge is 0.484 e. The number of hydrogen-bond donors (Lipinski definition) is 2. The van der Waals surface area contributed by atoms with Gasteiger partial charge in [-0.2, -0.15) is 0 Å². The summed E-state index contributed by atoms with van der Waals surface area (Å²) in [6, 6.07) is 16.7. The highest BCUT2D eigenvalue weighted by molar-refractivity contribution is 6.24. The average Bonchev–Trinajstić information content (AvgIpc) is 3.52. The number of amides is 2. The lowest BCUT2D eigenvalue weighted by molar-refractivity contribution is -0.140. The van der Waals surface area contributed by atoms with E-state index in [0.717, 1.165) is 0 Å². The molecule has 0 saturated heterocycles. The van der Waals surface area contributed by atoms with Crippen LogP contribution >= 0.6 is 0 Å². The summed E-state index contributed by atoms with van der Waals surface area (Å²) < 4.78 is 10.6. The molecule has 0 aliphatic carbocycles. The van der Waals surface area contributed by atoms with Gasteiger partial charge in [0, 0.05) is 16.8 Å². The number of carbonyl (C=O) groups is 3. The Morgan fingerprint density at radius 2 is 1.88 bits per heavy atom. The first kappa shape index (κ1) is 19.6. The Morgan fingerprint density at radius 1 is 1.09 bits per heavy atom. The molecule has 3 N–H and O–H groups in total. The molecule has 1 spiro atoms. The average molecular weight is 431 g/mol. The van der Waals surface area contributed by atoms with E-state index >= 15 is 0 Å². The molecular formula is C23H17N3O6. The standard InChI is InChI=1S/C23H17N3O6/c24-18(27)12-31-14-9-7-13(8-10-14)20-19(21(28)17-6-3-11-30-17)23(32-26-20)15-4-1-2-5-16(15)25-22(23)29/h1-11,19H,12H2,(H2,24,27)(H,25,29)/t19-,23-/m0/s1. The number of ether oxygens (including phenoxy) is 1. The number of primary amides is 1. The van der Waals surface area contributed by atoms with Crippen molar-refractivity contribution in [2.45, 2.75) is 5.60 Å². The minimum atomic E-state index is -1.66. The van der Waals surface area contributed by atoms with Gasteiger partial charge in [0.2, 0.25) is 5.78 Å². The highest BCUT2D eigenvalue weighted by Crippen LogP contribution is 2.49. The highest BCUT2D eigenvalue weighted by atomic mass is 16.7. The molecule has 9 nitrogen and oxygen atoms in total. The monoisotopic (exact) mass is 431 g/mol. The predicted octanol–water partition coefficient (Wildman–Crippen LogP) is 2.22. The van der Waals surface area contributed by atoms with E-state index in [1.807, 2.05) is 0 Å². The van der Waals surface area contributed by atoms with Crippen LogP contribution in [0.25, 0.3) is 0 Å². The lowest BCUT2D eigenvalue weighted by Crippen LogP contribution is -2.46. The van der Waals surface area contributed by atoms with Gasteiger partial charge in [-0.25, -0.2) is 0 Å². The number of hydrogen-bond acceptors (Lipinski definition) is 7. The number of ketones is 1. The maximum atomic E-state index is 13.5. The number of nitrogens with one attached hydrogen (secondary N) is 1. The molecule has 1 aromatic heterocycles. The molecule has 2 amide bonds. The van der Waals surface area contributed by atoms with Gasteiger partial charge in [0.05, 0.1) is 6.26 Å². The zero-order chi connectivity index (χ0) is 22.3. The molecule has 2 aliphatic heterocycles. The Morgan fingerprint density at radius 3 is 2.59 bits per heavy atom. The van der Waals surface area contributed by atoms with E-state index in [2.05, 4.69) is 10.5 Å². The molecule has 0 bridgehead atoms. The van der Waals surface area contributed by atoms with Gasteiger partial charge < -0.3 is 25.0 Å². The zero-order valence-corrected chi connectivity index (χ0v) is 16.6. The first-order valence-electron chi connectivity index (χ1n) is 9.77. The molecule has 160 valence electrons. The number of carbonyl (C=O) groups excluding carboxylic acids is 3. The SMILES string of the molecule is NC(=O)COc1ccc(C2=NO[C@]3(C(=O)Nc4ccccc43)[C@@H]2C(=O)c2ccco2)cc1. The summed E-state index contributed by atoms with van der Waals surface area (Å²) in [5.74, 6) is -2.10. The highest BCUT2D eigenvalue weighted by Gasteiger charge is 2.63. The Labute approximate surface area is 181 Å². The van der Waals surface area contributed by atoms with E-state index in [1.54, 1.807) is 54.6 Å². The first-order chi connectivity index (χ1) is 15.5. The molecule has 9 heteroatoms. The summed E-state index contributed by atoms with van der Waals surface area (Å²) in [5.41, 5.74) is 5.36. The van der Waals surface area contributed by atoms with Crippen LogP contribution in [-0.4, -0.2) is 29.9 Å². The quantitative estimate of drug-likeness (QED) is 0.575. The number of fused-ring (bicyclic) bond motifs is 2. The molecule has 0 saturated carbocycles. The Kier molecular flexibility index (Phi) is 4.51. The van der Waals surface area contributed by atoms with Gasteiger partial charge in [0.15, 0.2) is 12.4 Å². The molecule has 0 radical (unpaired) electrons. The van der Waals surface area contributed by atoms with E-state index in [9.17, 15) is 14.4 Å². The number of para-hydroxylation sites is 1. The van der Waals surface area contributed by atoms with Gasteiger partial charge in [-0.1, -0.05) is 23.4 Å². The summed E-state index contributed by atoms with van der Waals surface area (Å²) in [6.45, 7) is -0.261. The van der Waals surface area contributed by atoms with Gasteiger partial charge >= 0.3 is 0 Å². The molecule has 3 aromatic rings. The second-order valence-corrected chi connectivity index (χ2v) is 7.36. The van der Waals surface area contributed by atoms with Crippen LogP contribution in [0.2, 0.25) is 0 Å². The summed E-state index contributed by atoms with van der Waals surface area (Å²) in [4.78, 5) is 43.4. The molecule has 0 fully saturated rings. The fraction of sp³-hybridized carbons (Fsp3) is 0.130. The van der Waals surface area contributed by atoms with Crippen molar-refractivity contribution in [3.63, 3.8) is 0 Å². The number of nitrogens with two attached hydrogens (primary N) is 1. The Bertz CT molecular complexity index is 1250. The molecule has 2 aromatic carbocycles. The number of Topliss-reactive ketones (excluding diaryl/α,β-unsaturated/α-hetero) is 1. The van der Waals surface area contributed by atoms with Crippen LogP contribution < -0.4 is 15.8 Å². The van der Waals surface area contributed by atoms with Crippen molar-refractivity contribution >= 4 is 29.0 Å². The van der Waals surface area contributed by atoms with Crippen LogP contribution in [0.5, 0.6) is 5.75 Å². The lowest BCUT2D eigenvalue weighted by atomic mass is 9.75. The van der Waals surface area contributed by atoms with Crippen LogP contribution in [0, 0.1) is 5.92 Å². The zero-order valence-electron chi connectivity index (χ0n) is 16.6. The van der Waals surface area contributed by atoms with Crippen molar-refractivity contribution in [3.8, 4) is 5.75 Å². The Balaban J connectivity index is 1.57. The van der Waals surface area contributed by atoms with Crippen molar-refractivity contribution in [1.82, 2.24) is 0 Å². The molecule has 0 unspecified atom stereocenters. The van der Waals surface area contributed by atoms with Crippen molar-refractivity contribution < 1.29 is 28.4 Å². The van der Waals surface area contributed by atoms with Gasteiger partial charge in [0.1, 0.15) is 17.4 Å². The van der Waals surface area contributed by atoms with Crippen LogP contribution in [0.4, 0.5) is 5.69 Å². The maximum Gasteiger partial charge on any atom is 0.277 e. The molecule has 3 heterocycles. The fourth-order valence-corrected chi connectivity index (χ4v) is 4.02. The number of anilines is 1. The third-order valence-electron chi connectivity index (χ3n) is 5.44. The maximum absolute atomic E-state index is 13.5. The van der Waals surface area contributed by atoms with E-state index in [4.69, 9.17) is 19.7 Å². The van der Waals surface area contributed by atoms with E-state index < -0.39 is 29.1 Å². The predicted molar refractivity (Wildman–Crippen MR) is 112 cm³/mol. The van der Waals surface area contributed by atoms with Crippen molar-refractivity contribution in [2.24, 2.45) is 16.8 Å². The summed E-state index contributed by atoms with van der Waals surface area (Å²) in [5, 5.41) is 6.97. The molecular weight excluding hydrogens is 414 g/mol. The summed E-state index contributed by atoms with van der Waals surface area (Å²) in [6.07, 6.45) is 1.39. The van der Waals surface area contributed by atoms with Gasteiger partial charge in [-0.15, -0.1) is 0 Å². The molecule has 32 heavy (non-hydrogen) atoms. The van der Waals surface area contributed by atoms with Crippen LogP contribution in [0.1, 0.15) is 21.7 Å². The van der Waals surface area contributed by atoms with E-state index in [1.165, 1.54) is 12.3 Å². The summed E-state index contributed by atoms with van der Waals surface area (Å²) in [7, 11) is 0.